The molecule has 3 aromatic rings. The fraction of sp³-hybridized carbons (Fsp3) is 0. The third kappa shape index (κ3) is 2.51. The van der Waals surface area contributed by atoms with Crippen LogP contribution >= 0.6 is 0 Å². The third-order valence-electron chi connectivity index (χ3n) is 4.24. The number of carbonyl (C=O) groups is 2. The summed E-state index contributed by atoms with van der Waals surface area (Å²) in [5, 5.41) is 10.2. The number of hydrogen-bond acceptors (Lipinski definition) is 5. The first-order valence-corrected chi connectivity index (χ1v) is 7.94. The molecule has 0 spiro atoms. The number of aromatic amines is 2. The van der Waals surface area contributed by atoms with Crippen molar-refractivity contribution in [3.63, 3.8) is 0 Å². The van der Waals surface area contributed by atoms with E-state index >= 15 is 0 Å². The minimum absolute atomic E-state index is 0.0906. The van der Waals surface area contributed by atoms with Crippen molar-refractivity contribution < 1.29 is 19.3 Å². The second kappa shape index (κ2) is 6.03. The van der Waals surface area contributed by atoms with Crippen LogP contribution in [0.1, 0.15) is 26.3 Å². The number of carbonyl (C=O) groups excluding carboxylic acids is 2. The molecular weight excluding hydrogens is 350 g/mol. The maximum Gasteiger partial charge on any atom is 0.328 e. The van der Waals surface area contributed by atoms with Crippen molar-refractivity contribution in [1.82, 2.24) is 9.97 Å². The van der Waals surface area contributed by atoms with Gasteiger partial charge in [0.05, 0.1) is 0 Å². The number of aromatic nitrogens is 3. The van der Waals surface area contributed by atoms with Crippen molar-refractivity contribution in [1.29, 1.82) is 0 Å². The van der Waals surface area contributed by atoms with E-state index in [1.54, 1.807) is 42.7 Å². The van der Waals surface area contributed by atoms with Gasteiger partial charge < -0.3 is 5.11 Å². The lowest BCUT2D eigenvalue weighted by Crippen LogP contribution is -2.41. The lowest BCUT2D eigenvalue weighted by Gasteiger charge is -2.17. The summed E-state index contributed by atoms with van der Waals surface area (Å²) in [6, 6.07) is 11.3. The van der Waals surface area contributed by atoms with E-state index in [0.29, 0.717) is 0 Å². The van der Waals surface area contributed by atoms with Gasteiger partial charge in [-0.2, -0.15) is 4.57 Å². The number of allylic oxidation sites excluding steroid dienone is 2. The molecule has 8 nitrogen and oxygen atoms in total. The van der Waals surface area contributed by atoms with Gasteiger partial charge in [0.1, 0.15) is 11.1 Å². The Bertz CT molecular complexity index is 1250. The van der Waals surface area contributed by atoms with Gasteiger partial charge in [-0.25, -0.2) is 4.79 Å². The van der Waals surface area contributed by atoms with Gasteiger partial charge in [-0.1, -0.05) is 30.3 Å². The van der Waals surface area contributed by atoms with E-state index in [0.717, 1.165) is 0 Å². The average molecular weight is 362 g/mol. The van der Waals surface area contributed by atoms with Gasteiger partial charge in [0, 0.05) is 23.3 Å². The highest BCUT2D eigenvalue weighted by atomic mass is 16.3. The molecule has 27 heavy (non-hydrogen) atoms. The van der Waals surface area contributed by atoms with Gasteiger partial charge in [-0.05, 0) is 0 Å². The third-order valence-corrected chi connectivity index (χ3v) is 4.24. The Morgan fingerprint density at radius 1 is 0.778 bits per heavy atom. The molecule has 0 aliphatic heterocycles. The van der Waals surface area contributed by atoms with Crippen LogP contribution in [0.3, 0.4) is 0 Å². The van der Waals surface area contributed by atoms with Crippen molar-refractivity contribution in [2.75, 3.05) is 0 Å². The number of nitrogens with one attached hydrogen (secondary N) is 2. The topological polar surface area (TPSA) is 124 Å². The Morgan fingerprint density at radius 3 is 2.04 bits per heavy atom. The van der Waals surface area contributed by atoms with Crippen LogP contribution in [0.15, 0.2) is 64.4 Å². The molecular formula is C19H12N3O5+. The summed E-state index contributed by atoms with van der Waals surface area (Å²) in [5.41, 5.74) is -2.43. The van der Waals surface area contributed by atoms with Crippen molar-refractivity contribution in [2.24, 2.45) is 0 Å². The van der Waals surface area contributed by atoms with E-state index in [9.17, 15) is 24.3 Å². The first-order valence-electron chi connectivity index (χ1n) is 7.94. The van der Waals surface area contributed by atoms with E-state index in [4.69, 9.17) is 0 Å². The van der Waals surface area contributed by atoms with Gasteiger partial charge >= 0.3 is 5.69 Å². The molecule has 2 heterocycles. The van der Waals surface area contributed by atoms with E-state index in [-0.39, 0.29) is 22.4 Å². The van der Waals surface area contributed by atoms with Gasteiger partial charge in [-0.15, -0.1) is 0 Å². The Kier molecular flexibility index (Phi) is 3.66. The van der Waals surface area contributed by atoms with Crippen LogP contribution in [-0.4, -0.2) is 26.6 Å². The van der Waals surface area contributed by atoms with E-state index < -0.39 is 34.3 Å². The summed E-state index contributed by atoms with van der Waals surface area (Å²) < 4.78 is 1.40. The molecule has 1 aliphatic carbocycles. The number of pyridine rings is 1. The molecule has 1 aromatic carbocycles. The van der Waals surface area contributed by atoms with Gasteiger partial charge in [-0.3, -0.25) is 24.4 Å². The fourth-order valence-electron chi connectivity index (χ4n) is 3.09. The zero-order valence-electron chi connectivity index (χ0n) is 13.7. The summed E-state index contributed by atoms with van der Waals surface area (Å²) in [7, 11) is 0. The minimum Gasteiger partial charge on any atom is -0.494 e. The number of fused-ring (bicyclic) bond motifs is 1. The molecule has 0 saturated carbocycles. The van der Waals surface area contributed by atoms with Crippen molar-refractivity contribution in [2.45, 2.75) is 0 Å². The normalized spacial score (nSPS) is 13.6. The Hall–Kier alpha value is -4.07. The average Bonchev–Trinajstić information content (AvgIpc) is 2.66. The monoisotopic (exact) mass is 362 g/mol. The Balaban J connectivity index is 2.15. The summed E-state index contributed by atoms with van der Waals surface area (Å²) in [4.78, 5) is 54.1. The van der Waals surface area contributed by atoms with Crippen LogP contribution in [0.4, 0.5) is 0 Å². The second-order valence-corrected chi connectivity index (χ2v) is 5.84. The van der Waals surface area contributed by atoms with Crippen LogP contribution in [0.2, 0.25) is 0 Å². The maximum absolute atomic E-state index is 13.2. The van der Waals surface area contributed by atoms with Crippen LogP contribution < -0.4 is 15.8 Å². The quantitative estimate of drug-likeness (QED) is 0.573. The van der Waals surface area contributed by atoms with E-state index in [2.05, 4.69) is 0 Å². The van der Waals surface area contributed by atoms with Crippen LogP contribution in [0.25, 0.3) is 11.3 Å². The molecule has 0 unspecified atom stereocenters. The van der Waals surface area contributed by atoms with Crippen molar-refractivity contribution >= 4 is 22.8 Å². The highest BCUT2D eigenvalue weighted by molar-refractivity contribution is 6.48. The summed E-state index contributed by atoms with van der Waals surface area (Å²) in [6.07, 6.45) is 3.09. The fourth-order valence-corrected chi connectivity index (χ4v) is 3.09. The molecule has 0 bridgehead atoms. The summed E-state index contributed by atoms with van der Waals surface area (Å²) >= 11 is 0. The summed E-state index contributed by atoms with van der Waals surface area (Å²) in [6.45, 7) is 0. The first-order chi connectivity index (χ1) is 13.0. The van der Waals surface area contributed by atoms with Crippen molar-refractivity contribution in [3.05, 3.63) is 92.4 Å². The molecule has 0 saturated heterocycles. The molecule has 4 rings (SSSR count). The molecule has 132 valence electrons. The summed E-state index contributed by atoms with van der Waals surface area (Å²) in [5.74, 6) is -1.88. The largest absolute Gasteiger partial charge is 0.494 e. The van der Waals surface area contributed by atoms with E-state index in [1.165, 1.54) is 16.7 Å². The molecule has 3 N–H and O–H groups in total. The zero-order chi connectivity index (χ0) is 19.1. The van der Waals surface area contributed by atoms with Crippen molar-refractivity contribution in [3.8, 4) is 5.88 Å². The van der Waals surface area contributed by atoms with Crippen LogP contribution in [0, 0.1) is 0 Å². The number of Topliss-reactive ketones (excluding diaryl/α,β-unsaturated/α-hetero) is 2. The Labute approximate surface area is 151 Å². The number of H-pyrrole nitrogens is 2. The lowest BCUT2D eigenvalue weighted by atomic mass is 9.84. The smallest absolute Gasteiger partial charge is 0.328 e. The van der Waals surface area contributed by atoms with Gasteiger partial charge in [0.15, 0.2) is 12.4 Å². The molecule has 0 fully saturated rings. The zero-order valence-corrected chi connectivity index (χ0v) is 13.7. The number of nitrogens with zero attached hydrogens (tertiary/aromatic N) is 1. The number of rotatable bonds is 2. The highest BCUT2D eigenvalue weighted by Crippen LogP contribution is 2.33. The molecule has 0 radical (unpaired) electrons. The Morgan fingerprint density at radius 2 is 1.41 bits per heavy atom. The number of aromatic hydroxyl groups is 1. The molecule has 2 aromatic heterocycles. The predicted molar refractivity (Wildman–Crippen MR) is 94.2 cm³/mol. The lowest BCUT2D eigenvalue weighted by molar-refractivity contribution is -0.576. The molecule has 8 heteroatoms. The SMILES string of the molecule is O=C1C(c2c(O)[nH]c(=O)[nH]c2=O)=C([n+]2ccccc2)C(=O)c2ccccc21. The molecule has 1 aliphatic rings. The second-order valence-electron chi connectivity index (χ2n) is 5.84. The molecule has 0 atom stereocenters. The van der Waals surface area contributed by atoms with Gasteiger partial charge in [0.25, 0.3) is 17.0 Å². The minimum atomic E-state index is -0.971. The predicted octanol–water partition coefficient (Wildman–Crippen LogP) is 0.504. The van der Waals surface area contributed by atoms with E-state index in [1.807, 2.05) is 9.97 Å². The van der Waals surface area contributed by atoms with Gasteiger partial charge in [0.2, 0.25) is 11.7 Å². The number of benzene rings is 1. The first kappa shape index (κ1) is 16.4. The molecule has 0 amide bonds. The highest BCUT2D eigenvalue weighted by Gasteiger charge is 2.41. The standard InChI is InChI=1S/C19H11N3O5/c23-15-10-6-2-3-7-11(10)16(24)14(22-8-4-1-5-9-22)12(15)13-17(25)20-19(27)21-18(13)26/h1-9H,(H2-,20,21,24,25,26,27)/p+1. The number of ketones is 2. The maximum atomic E-state index is 13.2. The van der Waals surface area contributed by atoms with Crippen LogP contribution in [-0.2, 0) is 0 Å². The van der Waals surface area contributed by atoms with Crippen LogP contribution in [0.5, 0.6) is 5.88 Å². The number of hydrogen-bond donors (Lipinski definition) is 3.